The maximum absolute atomic E-state index is 13.3. The molecule has 0 bridgehead atoms. The molecule has 2 fully saturated rings. The van der Waals surface area contributed by atoms with Crippen LogP contribution in [0.2, 0.25) is 0 Å². The Morgan fingerprint density at radius 3 is 1.95 bits per heavy atom. The minimum atomic E-state index is -4.84. The van der Waals surface area contributed by atoms with Gasteiger partial charge < -0.3 is 20.0 Å². The number of hydrogen-bond donors (Lipinski definition) is 1. The van der Waals surface area contributed by atoms with Crippen LogP contribution >= 0.6 is 0 Å². The van der Waals surface area contributed by atoms with Gasteiger partial charge in [0.05, 0.1) is 10.5 Å². The van der Waals surface area contributed by atoms with Gasteiger partial charge >= 0.3 is 12.4 Å². The maximum Gasteiger partial charge on any atom is 0.423 e. The smallest absolute Gasteiger partial charge is 0.382 e. The third-order valence-corrected chi connectivity index (χ3v) is 7.62. The molecular weight excluding hydrogens is 566 g/mol. The largest absolute Gasteiger partial charge is 0.423 e. The van der Waals surface area contributed by atoms with E-state index in [2.05, 4.69) is 25.0 Å². The summed E-state index contributed by atoms with van der Waals surface area (Å²) in [7, 11) is 0. The molecule has 0 amide bonds. The molecule has 1 N–H and O–H groups in total. The Hall–Kier alpha value is -4.23. The molecule has 2 saturated heterocycles. The topological polar surface area (TPSA) is 77.8 Å². The SMILES string of the molecule is O=[N+]([O-])c1ccc(NC2CCN(c3cc(N4CCN(c5ccc(C(F)(F)F)cc5)CC4)ccn3)CC2)cc1C(F)(F)F. The molecule has 5 rings (SSSR count). The monoisotopic (exact) mass is 594 g/mol. The van der Waals surface area contributed by atoms with Gasteiger partial charge in [0, 0.05) is 80.7 Å². The number of aromatic nitrogens is 1. The number of pyridine rings is 1. The van der Waals surface area contributed by atoms with Crippen molar-refractivity contribution in [3.63, 3.8) is 0 Å². The normalized spacial score (nSPS) is 17.0. The molecule has 14 heteroatoms. The number of hydrogen-bond acceptors (Lipinski definition) is 7. The fourth-order valence-corrected chi connectivity index (χ4v) is 5.36. The van der Waals surface area contributed by atoms with Crippen molar-refractivity contribution < 1.29 is 31.3 Å². The lowest BCUT2D eigenvalue weighted by molar-refractivity contribution is -0.388. The molecule has 8 nitrogen and oxygen atoms in total. The lowest BCUT2D eigenvalue weighted by Gasteiger charge is -2.38. The van der Waals surface area contributed by atoms with Gasteiger partial charge in [0.25, 0.3) is 5.69 Å². The van der Waals surface area contributed by atoms with Crippen LogP contribution in [0.5, 0.6) is 0 Å². The summed E-state index contributed by atoms with van der Waals surface area (Å²) in [5.74, 6) is 0.783. The fraction of sp³-hybridized carbons (Fsp3) is 0.393. The number of anilines is 4. The second-order valence-electron chi connectivity index (χ2n) is 10.3. The van der Waals surface area contributed by atoms with Crippen LogP contribution in [-0.2, 0) is 12.4 Å². The molecule has 3 heterocycles. The van der Waals surface area contributed by atoms with Gasteiger partial charge in [-0.15, -0.1) is 0 Å². The third-order valence-electron chi connectivity index (χ3n) is 7.62. The van der Waals surface area contributed by atoms with Crippen molar-refractivity contribution >= 4 is 28.6 Å². The maximum atomic E-state index is 13.3. The summed E-state index contributed by atoms with van der Waals surface area (Å²) in [5, 5.41) is 14.1. The van der Waals surface area contributed by atoms with Gasteiger partial charge in [-0.3, -0.25) is 10.1 Å². The summed E-state index contributed by atoms with van der Waals surface area (Å²) in [6.07, 6.45) is -6.20. The van der Waals surface area contributed by atoms with E-state index in [4.69, 9.17) is 0 Å². The number of nitro benzene ring substituents is 1. The van der Waals surface area contributed by atoms with Crippen LogP contribution in [0.15, 0.2) is 60.8 Å². The van der Waals surface area contributed by atoms with E-state index in [9.17, 15) is 36.5 Å². The second-order valence-corrected chi connectivity index (χ2v) is 10.3. The molecule has 1 aromatic heterocycles. The highest BCUT2D eigenvalue weighted by atomic mass is 19.4. The summed E-state index contributed by atoms with van der Waals surface area (Å²) >= 11 is 0. The van der Waals surface area contributed by atoms with Crippen LogP contribution in [0.3, 0.4) is 0 Å². The number of piperidine rings is 1. The minimum absolute atomic E-state index is 0.106. The minimum Gasteiger partial charge on any atom is -0.382 e. The Morgan fingerprint density at radius 2 is 1.38 bits per heavy atom. The molecule has 2 aliphatic heterocycles. The quantitative estimate of drug-likeness (QED) is 0.200. The Balaban J connectivity index is 1.16. The van der Waals surface area contributed by atoms with Crippen LogP contribution in [0.25, 0.3) is 0 Å². The Morgan fingerprint density at radius 1 is 0.762 bits per heavy atom. The molecule has 0 aliphatic carbocycles. The zero-order valence-electron chi connectivity index (χ0n) is 22.3. The van der Waals surface area contributed by atoms with Gasteiger partial charge in [0.2, 0.25) is 0 Å². The summed E-state index contributed by atoms with van der Waals surface area (Å²) in [6.45, 7) is 3.92. The number of benzene rings is 2. The molecule has 0 atom stereocenters. The summed E-state index contributed by atoms with van der Waals surface area (Å²) in [4.78, 5) is 20.9. The van der Waals surface area contributed by atoms with Crippen LogP contribution in [0, 0.1) is 10.1 Å². The molecule has 2 aliphatic rings. The molecule has 42 heavy (non-hydrogen) atoms. The Bertz CT molecular complexity index is 1400. The number of piperazine rings is 1. The first-order chi connectivity index (χ1) is 19.9. The highest BCUT2D eigenvalue weighted by Crippen LogP contribution is 2.38. The molecule has 0 spiro atoms. The van der Waals surface area contributed by atoms with Crippen LogP contribution in [0.1, 0.15) is 24.0 Å². The third kappa shape index (κ3) is 6.63. The molecule has 2 aromatic carbocycles. The highest BCUT2D eigenvalue weighted by Gasteiger charge is 2.38. The number of nitrogens with zero attached hydrogens (tertiary/aromatic N) is 5. The molecule has 3 aromatic rings. The standard InChI is InChI=1S/C28H28F6N6O2/c29-27(30,31)19-1-4-22(5-2-19)37-13-15-38(16-14-37)23-7-10-35-26(18-23)39-11-8-20(9-12-39)36-21-3-6-25(40(41)42)24(17-21)28(32,33)34/h1-7,10,17-18,20,36H,8-9,11-16H2. The van der Waals surface area contributed by atoms with Crippen LogP contribution in [0.4, 0.5) is 54.9 Å². The van der Waals surface area contributed by atoms with Gasteiger partial charge in [-0.1, -0.05) is 0 Å². The first kappa shape index (κ1) is 29.3. The first-order valence-electron chi connectivity index (χ1n) is 13.4. The molecule has 0 saturated carbocycles. The van der Waals surface area contributed by atoms with E-state index >= 15 is 0 Å². The molecule has 224 valence electrons. The van der Waals surface area contributed by atoms with Crippen molar-refractivity contribution in [3.8, 4) is 0 Å². The van der Waals surface area contributed by atoms with Gasteiger partial charge in [0.1, 0.15) is 11.4 Å². The Labute approximate surface area is 237 Å². The molecule has 0 unspecified atom stereocenters. The number of nitrogens with one attached hydrogen (secondary N) is 1. The summed E-state index contributed by atoms with van der Waals surface area (Å²) in [5.41, 5.74) is -1.01. The van der Waals surface area contributed by atoms with E-state index in [0.717, 1.165) is 41.5 Å². The van der Waals surface area contributed by atoms with Crippen molar-refractivity contribution in [3.05, 3.63) is 82.0 Å². The Kier molecular flexibility index (Phi) is 8.06. The van der Waals surface area contributed by atoms with Crippen molar-refractivity contribution in [2.75, 3.05) is 59.3 Å². The summed E-state index contributed by atoms with van der Waals surface area (Å²) in [6, 6.07) is 11.9. The predicted octanol–water partition coefficient (Wildman–Crippen LogP) is 6.43. The van der Waals surface area contributed by atoms with E-state index in [1.54, 1.807) is 6.20 Å². The lowest BCUT2D eigenvalue weighted by atomic mass is 10.0. The van der Waals surface area contributed by atoms with Crippen molar-refractivity contribution in [1.29, 1.82) is 0 Å². The molecular formula is C28H28F6N6O2. The van der Waals surface area contributed by atoms with Gasteiger partial charge in [-0.05, 0) is 55.3 Å². The molecule has 0 radical (unpaired) electrons. The van der Waals surface area contributed by atoms with Gasteiger partial charge in [-0.2, -0.15) is 26.3 Å². The summed E-state index contributed by atoms with van der Waals surface area (Å²) < 4.78 is 78.6. The number of nitro groups is 1. The van der Waals surface area contributed by atoms with Crippen molar-refractivity contribution in [1.82, 2.24) is 4.98 Å². The highest BCUT2D eigenvalue weighted by molar-refractivity contribution is 5.58. The van der Waals surface area contributed by atoms with E-state index in [0.29, 0.717) is 52.1 Å². The van der Waals surface area contributed by atoms with Crippen molar-refractivity contribution in [2.45, 2.75) is 31.2 Å². The van der Waals surface area contributed by atoms with E-state index in [-0.39, 0.29) is 11.7 Å². The lowest BCUT2D eigenvalue weighted by Crippen LogP contribution is -2.46. The number of rotatable bonds is 6. The first-order valence-corrected chi connectivity index (χ1v) is 13.4. The zero-order chi connectivity index (χ0) is 30.1. The second kappa shape index (κ2) is 11.6. The number of halogens is 6. The van der Waals surface area contributed by atoms with Crippen molar-refractivity contribution in [2.24, 2.45) is 0 Å². The van der Waals surface area contributed by atoms with Crippen LogP contribution < -0.4 is 20.0 Å². The zero-order valence-corrected chi connectivity index (χ0v) is 22.3. The predicted molar refractivity (Wildman–Crippen MR) is 147 cm³/mol. The fourth-order valence-electron chi connectivity index (χ4n) is 5.36. The average molecular weight is 595 g/mol. The van der Waals surface area contributed by atoms with Gasteiger partial charge in [0.15, 0.2) is 0 Å². The van der Waals surface area contributed by atoms with E-state index in [1.165, 1.54) is 18.2 Å². The van der Waals surface area contributed by atoms with E-state index in [1.807, 2.05) is 12.1 Å². The average Bonchev–Trinajstić information content (AvgIpc) is 2.97. The van der Waals surface area contributed by atoms with E-state index < -0.39 is 34.1 Å². The van der Waals surface area contributed by atoms with Gasteiger partial charge in [-0.25, -0.2) is 4.98 Å². The number of alkyl halides is 6. The van der Waals surface area contributed by atoms with Crippen LogP contribution in [-0.4, -0.2) is 55.2 Å².